The molecule has 0 aromatic heterocycles. The number of nitrogens with zero attached hydrogens (tertiary/aromatic N) is 1. The van der Waals surface area contributed by atoms with Crippen LogP contribution in [-0.4, -0.2) is 45.0 Å². The largest absolute Gasteiger partial charge is 0.489 e. The summed E-state index contributed by atoms with van der Waals surface area (Å²) in [5.74, 6) is 0.574. The minimum absolute atomic E-state index is 0.0130. The zero-order valence-electron chi connectivity index (χ0n) is 20.0. The summed E-state index contributed by atoms with van der Waals surface area (Å²) in [5, 5.41) is 0. The molecule has 0 bridgehead atoms. The van der Waals surface area contributed by atoms with Crippen molar-refractivity contribution >= 4 is 10.0 Å². The van der Waals surface area contributed by atoms with Crippen LogP contribution in [0.4, 0.5) is 4.39 Å². The quantitative estimate of drug-likeness (QED) is 0.561. The third kappa shape index (κ3) is 5.62. The monoisotopic (exact) mass is 488 g/mol. The number of hydrogen-bond acceptors (Lipinski definition) is 5. The van der Waals surface area contributed by atoms with E-state index in [2.05, 4.69) is 41.7 Å². The van der Waals surface area contributed by atoms with Crippen molar-refractivity contribution in [3.8, 4) is 5.75 Å². The maximum atomic E-state index is 15.1. The highest BCUT2D eigenvalue weighted by atomic mass is 32.2. The molecule has 184 valence electrons. The van der Waals surface area contributed by atoms with Crippen LogP contribution in [0.2, 0.25) is 0 Å². The van der Waals surface area contributed by atoms with Crippen LogP contribution in [0.3, 0.4) is 0 Å². The highest BCUT2D eigenvalue weighted by molar-refractivity contribution is 7.88. The maximum Gasteiger partial charge on any atom is 0.210 e. The molecular weight excluding hydrogens is 455 g/mol. The fraction of sp³-hybridized carbons (Fsp3) is 0.538. The van der Waals surface area contributed by atoms with E-state index in [1.54, 1.807) is 0 Å². The average Bonchev–Trinajstić information content (AvgIpc) is 3.67. The van der Waals surface area contributed by atoms with Gasteiger partial charge < -0.3 is 9.47 Å². The van der Waals surface area contributed by atoms with E-state index in [1.807, 2.05) is 6.07 Å². The Labute approximate surface area is 201 Å². The lowest BCUT2D eigenvalue weighted by atomic mass is 10.0. The fourth-order valence-corrected chi connectivity index (χ4v) is 5.57. The van der Waals surface area contributed by atoms with Crippen LogP contribution in [0.5, 0.6) is 5.75 Å². The summed E-state index contributed by atoms with van der Waals surface area (Å²) < 4.78 is 52.2. The number of aryl methyl sites for hydroxylation is 2. The molecule has 1 N–H and O–H groups in total. The summed E-state index contributed by atoms with van der Waals surface area (Å²) in [4.78, 5) is 2.42. The van der Waals surface area contributed by atoms with Gasteiger partial charge in [0.1, 0.15) is 23.8 Å². The van der Waals surface area contributed by atoms with Gasteiger partial charge in [-0.2, -0.15) is 4.72 Å². The molecule has 2 heterocycles. The summed E-state index contributed by atoms with van der Waals surface area (Å²) in [6.45, 7) is 7.01. The van der Waals surface area contributed by atoms with Gasteiger partial charge in [-0.25, -0.2) is 12.8 Å². The Kier molecular flexibility index (Phi) is 6.44. The van der Waals surface area contributed by atoms with Crippen LogP contribution in [0.25, 0.3) is 0 Å². The molecule has 2 aromatic carbocycles. The number of hydrogen-bond donors (Lipinski definition) is 1. The van der Waals surface area contributed by atoms with Crippen molar-refractivity contribution in [2.24, 2.45) is 0 Å². The minimum Gasteiger partial charge on any atom is -0.489 e. The third-order valence-corrected chi connectivity index (χ3v) is 7.58. The molecule has 6 nitrogen and oxygen atoms in total. The topological polar surface area (TPSA) is 71.2 Å². The van der Waals surface area contributed by atoms with E-state index in [1.165, 1.54) is 22.8 Å². The van der Waals surface area contributed by atoms with Crippen molar-refractivity contribution < 1.29 is 22.3 Å². The van der Waals surface area contributed by atoms with Gasteiger partial charge in [0.15, 0.2) is 6.23 Å². The number of piperidine rings is 1. The second-order valence-electron chi connectivity index (χ2n) is 10.1. The highest BCUT2D eigenvalue weighted by Crippen LogP contribution is 2.48. The number of ether oxygens (including phenoxy) is 2. The smallest absolute Gasteiger partial charge is 0.210 e. The normalized spacial score (nSPS) is 25.4. The van der Waals surface area contributed by atoms with Crippen molar-refractivity contribution in [2.45, 2.75) is 70.4 Å². The second kappa shape index (κ2) is 9.22. The second-order valence-corrected chi connectivity index (χ2v) is 11.9. The number of likely N-dealkylation sites (tertiary alicyclic amines) is 1. The van der Waals surface area contributed by atoms with E-state index in [0.717, 1.165) is 57.1 Å². The van der Waals surface area contributed by atoms with Crippen LogP contribution in [0.1, 0.15) is 65.5 Å². The number of rotatable bonds is 8. The van der Waals surface area contributed by atoms with E-state index in [4.69, 9.17) is 9.47 Å². The molecule has 3 aliphatic rings. The Bertz CT molecular complexity index is 1180. The summed E-state index contributed by atoms with van der Waals surface area (Å²) >= 11 is 0. The highest BCUT2D eigenvalue weighted by Gasteiger charge is 2.45. The molecule has 5 rings (SSSR count). The Hall–Kier alpha value is -2.00. The molecule has 2 aliphatic heterocycles. The molecule has 0 radical (unpaired) electrons. The Morgan fingerprint density at radius 2 is 1.94 bits per heavy atom. The van der Waals surface area contributed by atoms with Crippen molar-refractivity contribution in [3.63, 3.8) is 0 Å². The SMILES string of the molecule is Cc1ccc(CN2CCC[C@@H](Oc3cc(F)c(C4OC4NS(C)(=O)=O)cc3C3CC3)C2)c(C)c1. The van der Waals surface area contributed by atoms with E-state index < -0.39 is 28.2 Å². The lowest BCUT2D eigenvalue weighted by Crippen LogP contribution is -2.40. The van der Waals surface area contributed by atoms with Gasteiger partial charge in [0, 0.05) is 24.7 Å². The molecule has 3 atom stereocenters. The van der Waals surface area contributed by atoms with Gasteiger partial charge in [-0.05, 0) is 74.8 Å². The van der Waals surface area contributed by atoms with Crippen LogP contribution >= 0.6 is 0 Å². The first-order chi connectivity index (χ1) is 16.2. The average molecular weight is 489 g/mol. The lowest BCUT2D eigenvalue weighted by Gasteiger charge is -2.33. The number of sulfonamides is 1. The molecule has 8 heteroatoms. The molecule has 1 aliphatic carbocycles. The summed E-state index contributed by atoms with van der Waals surface area (Å²) in [7, 11) is -3.42. The Morgan fingerprint density at radius 1 is 1.15 bits per heavy atom. The van der Waals surface area contributed by atoms with Crippen LogP contribution in [-0.2, 0) is 21.3 Å². The van der Waals surface area contributed by atoms with Crippen LogP contribution in [0.15, 0.2) is 30.3 Å². The van der Waals surface area contributed by atoms with Gasteiger partial charge in [-0.15, -0.1) is 0 Å². The van der Waals surface area contributed by atoms with E-state index in [0.29, 0.717) is 17.2 Å². The zero-order chi connectivity index (χ0) is 24.0. The van der Waals surface area contributed by atoms with Gasteiger partial charge in [0.05, 0.1) is 6.26 Å². The number of benzene rings is 2. The van der Waals surface area contributed by atoms with Crippen molar-refractivity contribution in [1.82, 2.24) is 9.62 Å². The third-order valence-electron chi connectivity index (χ3n) is 6.92. The van der Waals surface area contributed by atoms with Crippen LogP contribution < -0.4 is 9.46 Å². The first kappa shape index (κ1) is 23.7. The van der Waals surface area contributed by atoms with Gasteiger partial charge >= 0.3 is 0 Å². The Balaban J connectivity index is 1.28. The molecule has 2 saturated heterocycles. The zero-order valence-corrected chi connectivity index (χ0v) is 20.8. The van der Waals surface area contributed by atoms with E-state index in [9.17, 15) is 8.42 Å². The fourth-order valence-electron chi connectivity index (χ4n) is 4.97. The van der Waals surface area contributed by atoms with Crippen molar-refractivity contribution in [3.05, 3.63) is 64.0 Å². The van der Waals surface area contributed by atoms with Gasteiger partial charge in [-0.3, -0.25) is 4.90 Å². The number of nitrogens with one attached hydrogen (secondary N) is 1. The summed E-state index contributed by atoms with van der Waals surface area (Å²) in [6.07, 6.45) is 3.89. The minimum atomic E-state index is -3.42. The molecular formula is C26H33FN2O4S. The van der Waals surface area contributed by atoms with E-state index >= 15 is 4.39 Å². The van der Waals surface area contributed by atoms with Crippen molar-refractivity contribution in [2.75, 3.05) is 19.3 Å². The predicted octanol–water partition coefficient (Wildman–Crippen LogP) is 4.31. The lowest BCUT2D eigenvalue weighted by molar-refractivity contribution is 0.0832. The Morgan fingerprint density at radius 3 is 2.65 bits per heavy atom. The van der Waals surface area contributed by atoms with Crippen LogP contribution in [0, 0.1) is 19.7 Å². The number of halogens is 1. The maximum absolute atomic E-state index is 15.1. The molecule has 2 aromatic rings. The standard InChI is InChI=1S/C26H33FN2O4S/c1-16-6-7-19(17(2)11-16)14-29-10-4-5-20(15-29)32-24-13-23(27)22(12-21(24)18-8-9-18)25-26(33-25)28-34(3,30)31/h6-7,11-13,18,20,25-26,28H,4-5,8-10,14-15H2,1-3H3/t20-,25?,26?/m1/s1. The number of epoxide rings is 1. The van der Waals surface area contributed by atoms with E-state index in [-0.39, 0.29) is 6.10 Å². The molecule has 0 spiro atoms. The summed E-state index contributed by atoms with van der Waals surface area (Å²) in [5.41, 5.74) is 5.32. The molecule has 1 saturated carbocycles. The molecule has 2 unspecified atom stereocenters. The summed E-state index contributed by atoms with van der Waals surface area (Å²) in [6, 6.07) is 9.89. The first-order valence-electron chi connectivity index (χ1n) is 12.1. The van der Waals surface area contributed by atoms with Gasteiger partial charge in [0.25, 0.3) is 0 Å². The van der Waals surface area contributed by atoms with Gasteiger partial charge in [0.2, 0.25) is 10.0 Å². The molecule has 3 fully saturated rings. The predicted molar refractivity (Wildman–Crippen MR) is 129 cm³/mol. The molecule has 0 amide bonds. The first-order valence-corrected chi connectivity index (χ1v) is 14.0. The molecule has 34 heavy (non-hydrogen) atoms. The van der Waals surface area contributed by atoms with Crippen molar-refractivity contribution in [1.29, 1.82) is 0 Å². The van der Waals surface area contributed by atoms with Gasteiger partial charge in [-0.1, -0.05) is 23.8 Å².